The summed E-state index contributed by atoms with van der Waals surface area (Å²) in [7, 11) is 0. The second kappa shape index (κ2) is 8.29. The molecule has 2 aliphatic rings. The van der Waals surface area contributed by atoms with E-state index in [4.69, 9.17) is 23.8 Å². The number of nitrogens with zero attached hydrogens (tertiary/aromatic N) is 3. The van der Waals surface area contributed by atoms with Crippen molar-refractivity contribution in [2.45, 2.75) is 57.7 Å². The molecule has 4 nitrogen and oxygen atoms in total. The molecular weight excluding hydrogens is 424 g/mol. The number of nitrogens with one attached hydrogen (secondary N) is 1. The van der Waals surface area contributed by atoms with E-state index in [0.29, 0.717) is 6.04 Å². The van der Waals surface area contributed by atoms with E-state index in [1.807, 2.05) is 24.4 Å². The van der Waals surface area contributed by atoms with E-state index in [9.17, 15) is 0 Å². The molecule has 5 rings (SSSR count). The third kappa shape index (κ3) is 3.64. The molecule has 1 saturated carbocycles. The van der Waals surface area contributed by atoms with Crippen LogP contribution in [0.3, 0.4) is 0 Å². The van der Waals surface area contributed by atoms with E-state index in [-0.39, 0.29) is 12.1 Å². The van der Waals surface area contributed by atoms with Crippen LogP contribution in [0.25, 0.3) is 5.69 Å². The van der Waals surface area contributed by atoms with E-state index in [1.54, 1.807) is 0 Å². The zero-order chi connectivity index (χ0) is 21.5. The summed E-state index contributed by atoms with van der Waals surface area (Å²) in [5.41, 5.74) is 5.91. The number of hydrogen-bond acceptors (Lipinski definition) is 2. The molecule has 0 amide bonds. The number of thiocarbonyl (C=S) groups is 1. The molecule has 160 valence electrons. The molecule has 0 unspecified atom stereocenters. The predicted octanol–water partition coefficient (Wildman–Crippen LogP) is 6.06. The van der Waals surface area contributed by atoms with Gasteiger partial charge in [-0.15, -0.1) is 0 Å². The van der Waals surface area contributed by atoms with Gasteiger partial charge in [-0.1, -0.05) is 30.5 Å². The summed E-state index contributed by atoms with van der Waals surface area (Å²) in [4.78, 5) is 7.16. The molecule has 6 heteroatoms. The molecule has 0 bridgehead atoms. The van der Waals surface area contributed by atoms with E-state index in [2.05, 4.69) is 63.9 Å². The highest BCUT2D eigenvalue weighted by atomic mass is 35.5. The average Bonchev–Trinajstić information content (AvgIpc) is 3.48. The summed E-state index contributed by atoms with van der Waals surface area (Å²) in [5.74, 6) is 0. The lowest BCUT2D eigenvalue weighted by Crippen LogP contribution is -2.37. The Balaban J connectivity index is 1.63. The standard InChI is InChI=1S/C25H27ClN4S/c1-16-15-21(17(2)29(16)20-12-10-18(26)11-13-20)24-23(22-9-5-6-14-27-22)28-25(31)30(24)19-7-3-4-8-19/h5-6,9-15,19,23-24H,3-4,7-8H2,1-2H3,(H,28,31)/t23-,24+/m0/s1. The summed E-state index contributed by atoms with van der Waals surface area (Å²) in [6.07, 6.45) is 6.81. The normalized spacial score (nSPS) is 21.6. The summed E-state index contributed by atoms with van der Waals surface area (Å²) in [5, 5.41) is 5.22. The molecule has 2 atom stereocenters. The second-order valence-electron chi connectivity index (χ2n) is 8.61. The molecule has 0 spiro atoms. The number of aromatic nitrogens is 2. The molecule has 1 N–H and O–H groups in total. The Morgan fingerprint density at radius 1 is 1.06 bits per heavy atom. The first-order chi connectivity index (χ1) is 15.0. The molecule has 3 aromatic rings. The fraction of sp³-hybridized carbons (Fsp3) is 0.360. The number of hydrogen-bond donors (Lipinski definition) is 1. The van der Waals surface area contributed by atoms with Crippen LogP contribution in [-0.2, 0) is 0 Å². The summed E-state index contributed by atoms with van der Waals surface area (Å²) in [6.45, 7) is 4.38. The van der Waals surface area contributed by atoms with Gasteiger partial charge in [0, 0.05) is 34.3 Å². The fourth-order valence-corrected chi connectivity index (χ4v) is 5.86. The summed E-state index contributed by atoms with van der Waals surface area (Å²) >= 11 is 12.0. The van der Waals surface area contributed by atoms with Crippen molar-refractivity contribution in [2.24, 2.45) is 0 Å². The van der Waals surface area contributed by atoms with E-state index >= 15 is 0 Å². The minimum atomic E-state index is 0.0356. The Morgan fingerprint density at radius 2 is 1.81 bits per heavy atom. The van der Waals surface area contributed by atoms with Crippen molar-refractivity contribution in [3.8, 4) is 5.69 Å². The second-order valence-corrected chi connectivity index (χ2v) is 9.43. The third-order valence-electron chi connectivity index (χ3n) is 6.73. The van der Waals surface area contributed by atoms with Crippen LogP contribution >= 0.6 is 23.8 Å². The Kier molecular flexibility index (Phi) is 5.49. The van der Waals surface area contributed by atoms with E-state index in [0.717, 1.165) is 21.5 Å². The van der Waals surface area contributed by atoms with E-state index < -0.39 is 0 Å². The lowest BCUT2D eigenvalue weighted by atomic mass is 9.95. The highest BCUT2D eigenvalue weighted by Gasteiger charge is 2.44. The Hall–Kier alpha value is -2.37. The van der Waals surface area contributed by atoms with Gasteiger partial charge in [-0.25, -0.2) is 0 Å². The van der Waals surface area contributed by atoms with Gasteiger partial charge in [0.2, 0.25) is 0 Å². The Labute approximate surface area is 194 Å². The van der Waals surface area contributed by atoms with Gasteiger partial charge in [-0.05, 0) is 86.9 Å². The minimum Gasteiger partial charge on any atom is -0.352 e. The highest BCUT2D eigenvalue weighted by molar-refractivity contribution is 7.80. The SMILES string of the molecule is Cc1cc([C@@H]2[C@H](c3ccccn3)NC(=S)N2C2CCCC2)c(C)n1-c1ccc(Cl)cc1. The Morgan fingerprint density at radius 3 is 2.48 bits per heavy atom. The topological polar surface area (TPSA) is 33.1 Å². The maximum Gasteiger partial charge on any atom is 0.170 e. The highest BCUT2D eigenvalue weighted by Crippen LogP contribution is 2.44. The van der Waals surface area contributed by atoms with Crippen LogP contribution < -0.4 is 5.32 Å². The van der Waals surface area contributed by atoms with Gasteiger partial charge in [0.05, 0.1) is 17.8 Å². The number of halogens is 1. The van der Waals surface area contributed by atoms with Gasteiger partial charge in [-0.2, -0.15) is 0 Å². The lowest BCUT2D eigenvalue weighted by molar-refractivity contribution is 0.245. The zero-order valence-corrected chi connectivity index (χ0v) is 19.5. The quantitative estimate of drug-likeness (QED) is 0.490. The molecular formula is C25H27ClN4S. The number of benzene rings is 1. The summed E-state index contributed by atoms with van der Waals surface area (Å²) < 4.78 is 2.31. The summed E-state index contributed by atoms with van der Waals surface area (Å²) in [6, 6.07) is 17.1. The molecule has 1 aliphatic carbocycles. The molecule has 1 aromatic carbocycles. The number of rotatable bonds is 4. The predicted molar refractivity (Wildman–Crippen MR) is 130 cm³/mol. The van der Waals surface area contributed by atoms with Crippen molar-refractivity contribution in [1.82, 2.24) is 19.8 Å². The molecule has 2 fully saturated rings. The average molecular weight is 451 g/mol. The Bertz CT molecular complexity index is 1090. The molecule has 1 aliphatic heterocycles. The van der Waals surface area contributed by atoms with Crippen LogP contribution in [0.15, 0.2) is 54.7 Å². The zero-order valence-electron chi connectivity index (χ0n) is 17.9. The number of pyridine rings is 1. The molecule has 0 radical (unpaired) electrons. The fourth-order valence-electron chi connectivity index (χ4n) is 5.35. The van der Waals surface area contributed by atoms with Crippen molar-refractivity contribution in [3.63, 3.8) is 0 Å². The van der Waals surface area contributed by atoms with E-state index in [1.165, 1.54) is 42.6 Å². The number of aryl methyl sites for hydroxylation is 1. The van der Waals surface area contributed by atoms with Crippen LogP contribution in [-0.4, -0.2) is 25.6 Å². The van der Waals surface area contributed by atoms with Crippen molar-refractivity contribution in [2.75, 3.05) is 0 Å². The molecule has 31 heavy (non-hydrogen) atoms. The van der Waals surface area contributed by atoms with Crippen molar-refractivity contribution >= 4 is 28.9 Å². The first kappa shape index (κ1) is 20.5. The van der Waals surface area contributed by atoms with Crippen molar-refractivity contribution in [3.05, 3.63) is 82.4 Å². The van der Waals surface area contributed by atoms with Gasteiger partial charge in [0.1, 0.15) is 0 Å². The maximum atomic E-state index is 6.14. The third-order valence-corrected chi connectivity index (χ3v) is 7.31. The monoisotopic (exact) mass is 450 g/mol. The van der Waals surface area contributed by atoms with Crippen LogP contribution in [0.4, 0.5) is 0 Å². The molecule has 1 saturated heterocycles. The van der Waals surface area contributed by atoms with Gasteiger partial charge in [-0.3, -0.25) is 4.98 Å². The van der Waals surface area contributed by atoms with Crippen LogP contribution in [0, 0.1) is 13.8 Å². The van der Waals surface area contributed by atoms with Crippen LogP contribution in [0.1, 0.15) is 60.4 Å². The molecule has 3 heterocycles. The van der Waals surface area contributed by atoms with Gasteiger partial charge >= 0.3 is 0 Å². The largest absolute Gasteiger partial charge is 0.352 e. The van der Waals surface area contributed by atoms with Crippen molar-refractivity contribution in [1.29, 1.82) is 0 Å². The van der Waals surface area contributed by atoms with Crippen molar-refractivity contribution < 1.29 is 0 Å². The lowest BCUT2D eigenvalue weighted by Gasteiger charge is -2.33. The van der Waals surface area contributed by atoms with Gasteiger partial charge in [0.25, 0.3) is 0 Å². The van der Waals surface area contributed by atoms with Crippen LogP contribution in [0.5, 0.6) is 0 Å². The molecule has 2 aromatic heterocycles. The van der Waals surface area contributed by atoms with Gasteiger partial charge in [0.15, 0.2) is 5.11 Å². The first-order valence-corrected chi connectivity index (χ1v) is 11.8. The smallest absolute Gasteiger partial charge is 0.170 e. The van der Waals surface area contributed by atoms with Gasteiger partial charge < -0.3 is 14.8 Å². The van der Waals surface area contributed by atoms with Crippen LogP contribution in [0.2, 0.25) is 5.02 Å². The first-order valence-electron chi connectivity index (χ1n) is 11.0. The maximum absolute atomic E-state index is 6.14. The minimum absolute atomic E-state index is 0.0356.